The molecule has 5 nitrogen and oxygen atoms in total. The Bertz CT molecular complexity index is 207. The van der Waals surface area contributed by atoms with Gasteiger partial charge in [-0.2, -0.15) is 0 Å². The Morgan fingerprint density at radius 2 is 2.20 bits per heavy atom. The van der Waals surface area contributed by atoms with Gasteiger partial charge in [0.2, 0.25) is 5.91 Å². The summed E-state index contributed by atoms with van der Waals surface area (Å²) in [5.41, 5.74) is 0. The Hall–Kier alpha value is -1.10. The molecule has 15 heavy (non-hydrogen) atoms. The van der Waals surface area contributed by atoms with Crippen LogP contribution in [0.2, 0.25) is 0 Å². The minimum atomic E-state index is -0.335. The number of nitrogens with zero attached hydrogens (tertiary/aromatic N) is 1. The van der Waals surface area contributed by atoms with Crippen LogP contribution in [0.25, 0.3) is 0 Å². The maximum Gasteiger partial charge on any atom is 0.325 e. The zero-order valence-electron chi connectivity index (χ0n) is 9.71. The van der Waals surface area contributed by atoms with Gasteiger partial charge >= 0.3 is 5.97 Å². The van der Waals surface area contributed by atoms with Gasteiger partial charge in [0.05, 0.1) is 13.2 Å². The number of amides is 1. The fourth-order valence-electron chi connectivity index (χ4n) is 1.18. The number of ether oxygens (including phenoxy) is 1. The van der Waals surface area contributed by atoms with Crippen LogP contribution in [0, 0.1) is 0 Å². The van der Waals surface area contributed by atoms with Crippen molar-refractivity contribution in [1.29, 1.82) is 0 Å². The molecule has 1 aliphatic rings. The van der Waals surface area contributed by atoms with E-state index in [1.165, 1.54) is 4.90 Å². The van der Waals surface area contributed by atoms with Crippen molar-refractivity contribution in [3.05, 3.63) is 0 Å². The number of carbonyl (C=O) groups is 2. The number of carbonyl (C=O) groups excluding carboxylic acids is 2. The molecule has 1 rings (SSSR count). The minimum Gasteiger partial charge on any atom is -0.465 e. The predicted octanol–water partition coefficient (Wildman–Crippen LogP) is 0.00750. The van der Waals surface area contributed by atoms with Crippen molar-refractivity contribution in [2.24, 2.45) is 0 Å². The van der Waals surface area contributed by atoms with Gasteiger partial charge < -0.3 is 15.0 Å². The molecule has 0 aromatic rings. The number of esters is 1. The highest BCUT2D eigenvalue weighted by atomic mass is 16.5. The fourth-order valence-corrected chi connectivity index (χ4v) is 1.18. The van der Waals surface area contributed by atoms with E-state index in [4.69, 9.17) is 4.74 Å². The van der Waals surface area contributed by atoms with Crippen molar-refractivity contribution >= 4 is 11.9 Å². The molecule has 1 fully saturated rings. The van der Waals surface area contributed by atoms with Gasteiger partial charge in [-0.05, 0) is 6.92 Å². The van der Waals surface area contributed by atoms with E-state index >= 15 is 0 Å². The molecule has 0 aliphatic carbocycles. The minimum absolute atomic E-state index is 0.0423. The lowest BCUT2D eigenvalue weighted by Gasteiger charge is -2.26. The normalized spacial score (nSPS) is 15.4. The monoisotopic (exact) mass is 216 g/mol. The van der Waals surface area contributed by atoms with E-state index in [0.717, 1.165) is 6.54 Å². The summed E-state index contributed by atoms with van der Waals surface area (Å²) in [5, 5.41) is 2.93. The van der Waals surface area contributed by atoms with Gasteiger partial charge in [-0.15, -0.1) is 0 Å². The molecule has 0 aromatic carbocycles. The van der Waals surface area contributed by atoms with Crippen LogP contribution in [0.1, 0.15) is 20.8 Å². The van der Waals surface area contributed by atoms with Crippen LogP contribution in [-0.2, 0) is 14.3 Å². The smallest absolute Gasteiger partial charge is 0.325 e. The van der Waals surface area contributed by atoms with E-state index in [1.807, 2.05) is 13.8 Å². The summed E-state index contributed by atoms with van der Waals surface area (Å²) in [7, 11) is 0. The van der Waals surface area contributed by atoms with Gasteiger partial charge in [-0.1, -0.05) is 13.8 Å². The van der Waals surface area contributed by atoms with Crippen molar-refractivity contribution in [2.45, 2.75) is 20.8 Å². The summed E-state index contributed by atoms with van der Waals surface area (Å²) in [6.45, 7) is 7.83. The van der Waals surface area contributed by atoms with Crippen molar-refractivity contribution < 1.29 is 14.3 Å². The van der Waals surface area contributed by atoms with Gasteiger partial charge in [-0.3, -0.25) is 9.59 Å². The molecule has 88 valence electrons. The third kappa shape index (κ3) is 5.37. The molecule has 0 radical (unpaired) electrons. The summed E-state index contributed by atoms with van der Waals surface area (Å²) in [5.74, 6) is -0.378. The van der Waals surface area contributed by atoms with E-state index in [2.05, 4.69) is 5.32 Å². The Morgan fingerprint density at radius 3 is 2.73 bits per heavy atom. The van der Waals surface area contributed by atoms with E-state index in [0.29, 0.717) is 19.7 Å². The van der Waals surface area contributed by atoms with E-state index < -0.39 is 0 Å². The lowest BCUT2D eigenvalue weighted by atomic mass is 10.3. The van der Waals surface area contributed by atoms with Gasteiger partial charge in [-0.25, -0.2) is 0 Å². The Morgan fingerprint density at radius 1 is 1.53 bits per heavy atom. The second-order valence-corrected chi connectivity index (χ2v) is 2.80. The van der Waals surface area contributed by atoms with Crippen molar-refractivity contribution in [3.8, 4) is 0 Å². The number of hydrogen-bond acceptors (Lipinski definition) is 4. The van der Waals surface area contributed by atoms with Crippen LogP contribution in [0.4, 0.5) is 0 Å². The Labute approximate surface area is 90.8 Å². The van der Waals surface area contributed by atoms with Gasteiger partial charge in [0.15, 0.2) is 0 Å². The fraction of sp³-hybridized carbons (Fsp3) is 0.800. The second kappa shape index (κ2) is 8.23. The lowest BCUT2D eigenvalue weighted by Crippen LogP contribution is -2.49. The molecular weight excluding hydrogens is 196 g/mol. The van der Waals surface area contributed by atoms with Gasteiger partial charge in [0, 0.05) is 13.1 Å². The highest BCUT2D eigenvalue weighted by Crippen LogP contribution is 1.94. The summed E-state index contributed by atoms with van der Waals surface area (Å²) < 4.78 is 4.74. The molecule has 1 heterocycles. The standard InChI is InChI=1S/C8H14N2O3.C2H6/c1-2-13-8(12)6-10-4-3-9-5-7(10)11;1-2/h9H,2-6H2,1H3;1-2H3. The summed E-state index contributed by atoms with van der Waals surface area (Å²) in [6.07, 6.45) is 0. The largest absolute Gasteiger partial charge is 0.465 e. The van der Waals surface area contributed by atoms with Crippen molar-refractivity contribution in [2.75, 3.05) is 32.8 Å². The molecule has 0 aromatic heterocycles. The first-order valence-electron chi connectivity index (χ1n) is 5.38. The van der Waals surface area contributed by atoms with E-state index in [-0.39, 0.29) is 18.4 Å². The summed E-state index contributed by atoms with van der Waals surface area (Å²) >= 11 is 0. The van der Waals surface area contributed by atoms with Crippen LogP contribution in [0.3, 0.4) is 0 Å². The molecule has 0 bridgehead atoms. The average molecular weight is 216 g/mol. The third-order valence-corrected chi connectivity index (χ3v) is 1.81. The topological polar surface area (TPSA) is 58.6 Å². The van der Waals surface area contributed by atoms with E-state index in [1.54, 1.807) is 6.92 Å². The maximum absolute atomic E-state index is 11.2. The number of rotatable bonds is 3. The van der Waals surface area contributed by atoms with Crippen LogP contribution < -0.4 is 5.32 Å². The zero-order valence-corrected chi connectivity index (χ0v) is 9.71. The first kappa shape index (κ1) is 13.9. The van der Waals surface area contributed by atoms with Crippen LogP contribution in [0.15, 0.2) is 0 Å². The first-order chi connectivity index (χ1) is 7.24. The predicted molar refractivity (Wildman–Crippen MR) is 57.4 cm³/mol. The maximum atomic E-state index is 11.2. The molecule has 0 saturated carbocycles. The average Bonchev–Trinajstić information content (AvgIpc) is 2.25. The number of nitrogens with one attached hydrogen (secondary N) is 1. The van der Waals surface area contributed by atoms with Crippen LogP contribution in [0.5, 0.6) is 0 Å². The van der Waals surface area contributed by atoms with E-state index in [9.17, 15) is 9.59 Å². The number of piperazine rings is 1. The third-order valence-electron chi connectivity index (χ3n) is 1.81. The Kier molecular flexibility index (Phi) is 7.62. The molecule has 1 aliphatic heterocycles. The first-order valence-corrected chi connectivity index (χ1v) is 5.38. The van der Waals surface area contributed by atoms with Crippen LogP contribution >= 0.6 is 0 Å². The van der Waals surface area contributed by atoms with Crippen LogP contribution in [-0.4, -0.2) is 49.6 Å². The van der Waals surface area contributed by atoms with Crippen molar-refractivity contribution in [1.82, 2.24) is 10.2 Å². The molecular formula is C10H20N2O3. The molecule has 1 saturated heterocycles. The number of hydrogen-bond donors (Lipinski definition) is 1. The Balaban J connectivity index is 0.000000921. The SMILES string of the molecule is CC.CCOC(=O)CN1CCNCC1=O. The van der Waals surface area contributed by atoms with Gasteiger partial charge in [0.1, 0.15) is 6.54 Å². The van der Waals surface area contributed by atoms with Gasteiger partial charge in [0.25, 0.3) is 0 Å². The molecule has 1 N–H and O–H groups in total. The summed E-state index contributed by atoms with van der Waals surface area (Å²) in [4.78, 5) is 23.7. The van der Waals surface area contributed by atoms with Crippen molar-refractivity contribution in [3.63, 3.8) is 0 Å². The molecule has 0 unspecified atom stereocenters. The molecule has 5 heteroatoms. The molecule has 1 amide bonds. The molecule has 0 spiro atoms. The summed E-state index contributed by atoms with van der Waals surface area (Å²) in [6, 6.07) is 0. The highest BCUT2D eigenvalue weighted by molar-refractivity contribution is 5.83. The molecule has 0 atom stereocenters. The highest BCUT2D eigenvalue weighted by Gasteiger charge is 2.20. The second-order valence-electron chi connectivity index (χ2n) is 2.80. The lowest BCUT2D eigenvalue weighted by molar-refractivity contribution is -0.149. The quantitative estimate of drug-likeness (QED) is 0.675. The zero-order chi connectivity index (χ0) is 11.7.